The van der Waals surface area contributed by atoms with Crippen LogP contribution in [0.5, 0.6) is 0 Å². The van der Waals surface area contributed by atoms with Crippen LogP contribution in [0, 0.1) is 5.92 Å². The summed E-state index contributed by atoms with van der Waals surface area (Å²) in [7, 11) is 5.16. The predicted molar refractivity (Wildman–Crippen MR) is 106 cm³/mol. The molecule has 3 amide bonds. The molecule has 1 fully saturated rings. The molecule has 0 aliphatic carbocycles. The molecule has 4 rings (SSSR count). The zero-order chi connectivity index (χ0) is 20.8. The minimum absolute atomic E-state index is 0.0854. The van der Waals surface area contributed by atoms with Crippen LogP contribution >= 0.6 is 0 Å². The molecule has 1 aromatic heterocycles. The van der Waals surface area contributed by atoms with Gasteiger partial charge >= 0.3 is 0 Å². The fourth-order valence-corrected chi connectivity index (χ4v) is 4.46. The largest absolute Gasteiger partial charge is 0.348 e. The van der Waals surface area contributed by atoms with Crippen LogP contribution in [0.2, 0.25) is 0 Å². The lowest BCUT2D eigenvalue weighted by Crippen LogP contribution is -2.57. The molecule has 1 N–H and O–H groups in total. The Morgan fingerprint density at radius 1 is 1.28 bits per heavy atom. The zero-order valence-electron chi connectivity index (χ0n) is 16.9. The van der Waals surface area contributed by atoms with Gasteiger partial charge in [0, 0.05) is 46.0 Å². The molecule has 0 bridgehead atoms. The summed E-state index contributed by atoms with van der Waals surface area (Å²) >= 11 is 0. The third-order valence-electron chi connectivity index (χ3n) is 5.99. The number of likely N-dealkylation sites (tertiary alicyclic amines) is 1. The van der Waals surface area contributed by atoms with E-state index in [2.05, 4.69) is 10.4 Å². The van der Waals surface area contributed by atoms with Gasteiger partial charge in [-0.15, -0.1) is 0 Å². The van der Waals surface area contributed by atoms with Crippen LogP contribution in [0.15, 0.2) is 36.7 Å². The molecule has 2 aliphatic rings. The van der Waals surface area contributed by atoms with Crippen molar-refractivity contribution in [2.75, 3.05) is 27.2 Å². The van der Waals surface area contributed by atoms with Gasteiger partial charge < -0.3 is 15.1 Å². The number of aryl methyl sites for hydroxylation is 2. The smallest absolute Gasteiger partial charge is 0.257 e. The Bertz CT molecular complexity index is 982. The number of nitrogens with one attached hydrogen (secondary N) is 1. The van der Waals surface area contributed by atoms with E-state index in [0.717, 1.165) is 5.56 Å². The highest BCUT2D eigenvalue weighted by atomic mass is 16.2. The second-order valence-electron chi connectivity index (χ2n) is 8.14. The molecule has 1 spiro atoms. The number of hydrogen-bond acceptors (Lipinski definition) is 4. The fraction of sp³-hybridized carbons (Fsp3) is 0.429. The number of benzene rings is 1. The van der Waals surface area contributed by atoms with Gasteiger partial charge in [-0.05, 0) is 24.5 Å². The molecule has 0 saturated carbocycles. The second kappa shape index (κ2) is 7.02. The van der Waals surface area contributed by atoms with Crippen molar-refractivity contribution in [1.29, 1.82) is 0 Å². The molecule has 8 nitrogen and oxygen atoms in total. The Labute approximate surface area is 169 Å². The quantitative estimate of drug-likeness (QED) is 0.811. The van der Waals surface area contributed by atoms with Crippen molar-refractivity contribution >= 4 is 17.7 Å². The molecule has 1 saturated heterocycles. The van der Waals surface area contributed by atoms with Crippen LogP contribution in [0.4, 0.5) is 0 Å². The average Bonchev–Trinajstić information content (AvgIpc) is 3.25. The number of fused-ring (bicyclic) bond motifs is 1. The van der Waals surface area contributed by atoms with Gasteiger partial charge in [-0.2, -0.15) is 5.10 Å². The first-order valence-electron chi connectivity index (χ1n) is 9.70. The molecule has 1 aromatic carbocycles. The Kier molecular flexibility index (Phi) is 4.64. The van der Waals surface area contributed by atoms with E-state index in [1.807, 2.05) is 18.2 Å². The molecule has 29 heavy (non-hydrogen) atoms. The number of hydrogen-bond donors (Lipinski definition) is 1. The maximum Gasteiger partial charge on any atom is 0.257 e. The third-order valence-corrected chi connectivity index (χ3v) is 5.99. The minimum Gasteiger partial charge on any atom is -0.348 e. The Morgan fingerprint density at radius 2 is 2.03 bits per heavy atom. The lowest BCUT2D eigenvalue weighted by atomic mass is 9.81. The molecular formula is C21H25N5O3. The van der Waals surface area contributed by atoms with Crippen molar-refractivity contribution in [2.24, 2.45) is 13.0 Å². The van der Waals surface area contributed by atoms with Crippen LogP contribution in [0.1, 0.15) is 32.7 Å². The summed E-state index contributed by atoms with van der Waals surface area (Å²) in [5, 5.41) is 7.21. The van der Waals surface area contributed by atoms with E-state index in [1.165, 1.54) is 11.1 Å². The lowest BCUT2D eigenvalue weighted by molar-refractivity contribution is -0.134. The van der Waals surface area contributed by atoms with Gasteiger partial charge in [0.05, 0.1) is 23.2 Å². The van der Waals surface area contributed by atoms with E-state index < -0.39 is 11.5 Å². The fourth-order valence-electron chi connectivity index (χ4n) is 4.46. The van der Waals surface area contributed by atoms with Crippen molar-refractivity contribution < 1.29 is 14.4 Å². The van der Waals surface area contributed by atoms with Crippen LogP contribution in [-0.4, -0.2) is 70.0 Å². The highest BCUT2D eigenvalue weighted by Gasteiger charge is 2.53. The first kappa shape index (κ1) is 19.2. The van der Waals surface area contributed by atoms with E-state index in [4.69, 9.17) is 0 Å². The molecule has 2 aromatic rings. The predicted octanol–water partition coefficient (Wildman–Crippen LogP) is 0.695. The monoisotopic (exact) mass is 395 g/mol. The molecular weight excluding hydrogens is 370 g/mol. The number of nitrogens with zero attached hydrogens (tertiary/aromatic N) is 4. The maximum atomic E-state index is 13.0. The summed E-state index contributed by atoms with van der Waals surface area (Å²) in [5.41, 5.74) is 1.28. The number of carbonyl (C=O) groups excluding carboxylic acids is 3. The van der Waals surface area contributed by atoms with Crippen LogP contribution < -0.4 is 5.32 Å². The Morgan fingerprint density at radius 3 is 2.72 bits per heavy atom. The third kappa shape index (κ3) is 3.28. The van der Waals surface area contributed by atoms with Crippen LogP contribution in [-0.2, 0) is 18.3 Å². The number of carbonyl (C=O) groups is 3. The summed E-state index contributed by atoms with van der Waals surface area (Å²) in [4.78, 5) is 42.3. The Balaban J connectivity index is 1.69. The summed E-state index contributed by atoms with van der Waals surface area (Å²) in [6.07, 6.45) is 4.45. The average molecular weight is 395 g/mol. The van der Waals surface area contributed by atoms with Gasteiger partial charge in [0.15, 0.2) is 0 Å². The molecule has 3 heterocycles. The number of aromatic nitrogens is 2. The topological polar surface area (TPSA) is 87.5 Å². The van der Waals surface area contributed by atoms with E-state index in [0.29, 0.717) is 30.5 Å². The van der Waals surface area contributed by atoms with Crippen LogP contribution in [0.25, 0.3) is 0 Å². The normalized spacial score (nSPS) is 23.5. The first-order valence-corrected chi connectivity index (χ1v) is 9.70. The van der Waals surface area contributed by atoms with Crippen LogP contribution in [0.3, 0.4) is 0 Å². The molecule has 2 aliphatic heterocycles. The van der Waals surface area contributed by atoms with Gasteiger partial charge in [0.1, 0.15) is 0 Å². The first-order chi connectivity index (χ1) is 13.8. The van der Waals surface area contributed by atoms with E-state index in [9.17, 15) is 14.4 Å². The van der Waals surface area contributed by atoms with Crippen molar-refractivity contribution in [3.05, 3.63) is 53.3 Å². The number of rotatable bonds is 2. The highest BCUT2D eigenvalue weighted by molar-refractivity contribution is 5.98. The zero-order valence-corrected chi connectivity index (χ0v) is 16.9. The minimum atomic E-state index is -0.796. The van der Waals surface area contributed by atoms with Crippen molar-refractivity contribution in [1.82, 2.24) is 24.9 Å². The van der Waals surface area contributed by atoms with E-state index in [-0.39, 0.29) is 24.3 Å². The molecule has 0 radical (unpaired) electrons. The van der Waals surface area contributed by atoms with Gasteiger partial charge in [-0.3, -0.25) is 19.1 Å². The maximum absolute atomic E-state index is 13.0. The van der Waals surface area contributed by atoms with E-state index in [1.54, 1.807) is 43.0 Å². The molecule has 8 heteroatoms. The summed E-state index contributed by atoms with van der Waals surface area (Å²) in [6.45, 7) is 0.562. The molecule has 2 atom stereocenters. The van der Waals surface area contributed by atoms with E-state index >= 15 is 0 Å². The SMILES string of the molecule is CN(C)C(=O)[C@H]1CN(C(=O)c2cnn(C)c2)C[C@@]12CCc1ccccc1C(=O)N2. The summed E-state index contributed by atoms with van der Waals surface area (Å²) in [5.74, 6) is -0.956. The summed E-state index contributed by atoms with van der Waals surface area (Å²) in [6, 6.07) is 7.51. The molecule has 152 valence electrons. The standard InChI is InChI=1S/C21H25N5O3/c1-24(2)20(29)17-12-26(19(28)15-10-22-25(3)11-15)13-21(17)9-8-14-6-4-5-7-16(14)18(27)23-21/h4-7,10-11,17H,8-9,12-13H2,1-3H3,(H,23,27)/t17-,21+/m1/s1. The highest BCUT2D eigenvalue weighted by Crippen LogP contribution is 2.36. The Hall–Kier alpha value is -3.16. The van der Waals surface area contributed by atoms with Gasteiger partial charge in [-0.1, -0.05) is 18.2 Å². The second-order valence-corrected chi connectivity index (χ2v) is 8.14. The van der Waals surface area contributed by atoms with Gasteiger partial charge in [-0.25, -0.2) is 0 Å². The summed E-state index contributed by atoms with van der Waals surface area (Å²) < 4.78 is 1.57. The van der Waals surface area contributed by atoms with Crippen molar-refractivity contribution in [3.63, 3.8) is 0 Å². The number of amides is 3. The van der Waals surface area contributed by atoms with Crippen molar-refractivity contribution in [3.8, 4) is 0 Å². The molecule has 0 unspecified atom stereocenters. The van der Waals surface area contributed by atoms with Crippen molar-refractivity contribution in [2.45, 2.75) is 18.4 Å². The lowest BCUT2D eigenvalue weighted by Gasteiger charge is -2.34. The van der Waals surface area contributed by atoms with Gasteiger partial charge in [0.25, 0.3) is 11.8 Å². The van der Waals surface area contributed by atoms with Gasteiger partial charge in [0.2, 0.25) is 5.91 Å².